The molecule has 0 unspecified atom stereocenters. The standard InChI is InChI=1S/C15H14BrN5OS2/c1-23-13-8-19-15(24-13)21-14(22)18-7-12-17-6-11(20-12)9-2-4-10(16)5-3-9/h2-6,8H,7H2,1H3,(H,17,20)(H2,18,19,21,22). The molecule has 2 amide bonds. The summed E-state index contributed by atoms with van der Waals surface area (Å²) in [6, 6.07) is 7.62. The van der Waals surface area contributed by atoms with Gasteiger partial charge in [-0.1, -0.05) is 39.4 Å². The third-order valence-corrected chi connectivity index (χ3v) is 5.60. The largest absolute Gasteiger partial charge is 0.341 e. The second-order valence-corrected chi connectivity index (χ2v) is 7.80. The van der Waals surface area contributed by atoms with Crippen LogP contribution in [0.4, 0.5) is 9.93 Å². The number of thioether (sulfide) groups is 1. The van der Waals surface area contributed by atoms with Crippen molar-refractivity contribution in [3.8, 4) is 11.3 Å². The Morgan fingerprint density at radius 3 is 2.79 bits per heavy atom. The van der Waals surface area contributed by atoms with Gasteiger partial charge >= 0.3 is 6.03 Å². The predicted octanol–water partition coefficient (Wildman–Crippen LogP) is 4.34. The number of carbonyl (C=O) groups is 1. The Balaban J connectivity index is 1.55. The second-order valence-electron chi connectivity index (χ2n) is 4.75. The number of urea groups is 1. The van der Waals surface area contributed by atoms with Gasteiger partial charge in [0.2, 0.25) is 0 Å². The van der Waals surface area contributed by atoms with Crippen LogP contribution in [0.1, 0.15) is 5.82 Å². The zero-order valence-electron chi connectivity index (χ0n) is 12.7. The minimum atomic E-state index is -0.307. The Hall–Kier alpha value is -1.84. The lowest BCUT2D eigenvalue weighted by Gasteiger charge is -2.03. The Kier molecular flexibility index (Phi) is 5.54. The van der Waals surface area contributed by atoms with E-state index in [1.807, 2.05) is 30.5 Å². The molecule has 6 nitrogen and oxygen atoms in total. The molecule has 1 aromatic carbocycles. The van der Waals surface area contributed by atoms with Crippen molar-refractivity contribution in [1.29, 1.82) is 0 Å². The zero-order chi connectivity index (χ0) is 16.9. The Bertz CT molecular complexity index is 831. The number of halogens is 1. The number of imidazole rings is 1. The fraction of sp³-hybridized carbons (Fsp3) is 0.133. The highest BCUT2D eigenvalue weighted by Crippen LogP contribution is 2.25. The molecular weight excluding hydrogens is 410 g/mol. The Morgan fingerprint density at radius 2 is 2.08 bits per heavy atom. The van der Waals surface area contributed by atoms with E-state index in [0.29, 0.717) is 17.5 Å². The minimum absolute atomic E-state index is 0.307. The third-order valence-electron chi connectivity index (χ3n) is 3.11. The number of nitrogens with one attached hydrogen (secondary N) is 3. The summed E-state index contributed by atoms with van der Waals surface area (Å²) in [7, 11) is 0. The quantitative estimate of drug-likeness (QED) is 0.532. The van der Waals surface area contributed by atoms with Gasteiger partial charge < -0.3 is 10.3 Å². The maximum Gasteiger partial charge on any atom is 0.321 e. The van der Waals surface area contributed by atoms with Crippen molar-refractivity contribution in [3.05, 3.63) is 47.0 Å². The highest BCUT2D eigenvalue weighted by atomic mass is 79.9. The first-order chi connectivity index (χ1) is 11.6. The lowest BCUT2D eigenvalue weighted by atomic mass is 10.2. The monoisotopic (exact) mass is 423 g/mol. The summed E-state index contributed by atoms with van der Waals surface area (Å²) in [6.07, 6.45) is 5.46. The van der Waals surface area contributed by atoms with Crippen molar-refractivity contribution >= 4 is 50.2 Å². The number of H-pyrrole nitrogens is 1. The lowest BCUT2D eigenvalue weighted by Crippen LogP contribution is -2.28. The van der Waals surface area contributed by atoms with E-state index in [2.05, 4.69) is 41.5 Å². The maximum absolute atomic E-state index is 11.9. The van der Waals surface area contributed by atoms with E-state index in [1.54, 1.807) is 24.2 Å². The first-order valence-electron chi connectivity index (χ1n) is 6.98. The van der Waals surface area contributed by atoms with Crippen LogP contribution in [0.25, 0.3) is 11.3 Å². The van der Waals surface area contributed by atoms with Crippen LogP contribution in [0.5, 0.6) is 0 Å². The molecule has 0 spiro atoms. The van der Waals surface area contributed by atoms with E-state index in [1.165, 1.54) is 11.3 Å². The molecule has 3 aromatic rings. The van der Waals surface area contributed by atoms with Gasteiger partial charge in [-0.2, -0.15) is 0 Å². The molecular formula is C15H14BrN5OS2. The van der Waals surface area contributed by atoms with E-state index < -0.39 is 0 Å². The third kappa shape index (κ3) is 4.37. The van der Waals surface area contributed by atoms with Crippen LogP contribution in [0, 0.1) is 0 Å². The number of nitrogens with zero attached hydrogens (tertiary/aromatic N) is 2. The summed E-state index contributed by atoms with van der Waals surface area (Å²) in [6.45, 7) is 0.309. The summed E-state index contributed by atoms with van der Waals surface area (Å²) < 4.78 is 2.08. The van der Waals surface area contributed by atoms with Crippen molar-refractivity contribution in [1.82, 2.24) is 20.3 Å². The molecule has 9 heteroatoms. The van der Waals surface area contributed by atoms with Crippen molar-refractivity contribution < 1.29 is 4.79 Å². The molecule has 0 saturated heterocycles. The molecule has 0 aliphatic carbocycles. The average molecular weight is 424 g/mol. The molecule has 0 bridgehead atoms. The number of thiazole rings is 1. The lowest BCUT2D eigenvalue weighted by molar-refractivity contribution is 0.251. The van der Waals surface area contributed by atoms with Crippen molar-refractivity contribution in [3.63, 3.8) is 0 Å². The van der Waals surface area contributed by atoms with Gasteiger partial charge in [0.05, 0.1) is 28.8 Å². The molecule has 0 radical (unpaired) electrons. The normalized spacial score (nSPS) is 10.6. The molecule has 0 fully saturated rings. The molecule has 0 aliphatic heterocycles. The van der Waals surface area contributed by atoms with Gasteiger partial charge in [0.1, 0.15) is 5.82 Å². The molecule has 3 rings (SSSR count). The van der Waals surface area contributed by atoms with Crippen LogP contribution < -0.4 is 10.6 Å². The van der Waals surface area contributed by atoms with Crippen LogP contribution in [-0.2, 0) is 6.54 Å². The van der Waals surface area contributed by atoms with Crippen LogP contribution in [0.2, 0.25) is 0 Å². The van der Waals surface area contributed by atoms with E-state index >= 15 is 0 Å². The van der Waals surface area contributed by atoms with E-state index in [-0.39, 0.29) is 6.03 Å². The smallest absolute Gasteiger partial charge is 0.321 e. The first kappa shape index (κ1) is 17.0. The summed E-state index contributed by atoms with van der Waals surface area (Å²) >= 11 is 6.44. The van der Waals surface area contributed by atoms with Gasteiger partial charge in [0.25, 0.3) is 0 Å². The van der Waals surface area contributed by atoms with Gasteiger partial charge in [0, 0.05) is 4.47 Å². The number of rotatable bonds is 5. The molecule has 3 N–H and O–H groups in total. The molecule has 24 heavy (non-hydrogen) atoms. The number of hydrogen-bond donors (Lipinski definition) is 3. The number of hydrogen-bond acceptors (Lipinski definition) is 5. The minimum Gasteiger partial charge on any atom is -0.341 e. The SMILES string of the molecule is CSc1cnc(NC(=O)NCc2ncc(-c3ccc(Br)cc3)[nH]2)s1. The van der Waals surface area contributed by atoms with Crippen LogP contribution in [0.3, 0.4) is 0 Å². The fourth-order valence-electron chi connectivity index (χ4n) is 1.95. The van der Waals surface area contributed by atoms with E-state index in [0.717, 1.165) is 19.9 Å². The predicted molar refractivity (Wildman–Crippen MR) is 101 cm³/mol. The summed E-state index contributed by atoms with van der Waals surface area (Å²) in [4.78, 5) is 23.5. The van der Waals surface area contributed by atoms with Gasteiger partial charge in [-0.05, 0) is 24.0 Å². The Morgan fingerprint density at radius 1 is 1.29 bits per heavy atom. The number of amides is 2. The number of aromatic amines is 1. The molecule has 0 atom stereocenters. The molecule has 0 aliphatic rings. The molecule has 2 aromatic heterocycles. The topological polar surface area (TPSA) is 82.7 Å². The van der Waals surface area contributed by atoms with Crippen molar-refractivity contribution in [2.45, 2.75) is 10.8 Å². The maximum atomic E-state index is 11.9. The number of anilines is 1. The summed E-state index contributed by atoms with van der Waals surface area (Å²) in [5.41, 5.74) is 1.94. The highest BCUT2D eigenvalue weighted by Gasteiger charge is 2.08. The summed E-state index contributed by atoms with van der Waals surface area (Å²) in [5, 5.41) is 6.04. The van der Waals surface area contributed by atoms with Crippen molar-refractivity contribution in [2.75, 3.05) is 11.6 Å². The average Bonchev–Trinajstić information content (AvgIpc) is 3.23. The first-order valence-corrected chi connectivity index (χ1v) is 9.82. The number of aromatic nitrogens is 3. The Labute approximate surface area is 155 Å². The molecule has 124 valence electrons. The second kappa shape index (κ2) is 7.82. The van der Waals surface area contributed by atoms with E-state index in [4.69, 9.17) is 0 Å². The van der Waals surface area contributed by atoms with Gasteiger partial charge in [0.15, 0.2) is 5.13 Å². The van der Waals surface area contributed by atoms with Gasteiger partial charge in [-0.25, -0.2) is 14.8 Å². The molecule has 2 heterocycles. The fourth-order valence-corrected chi connectivity index (χ4v) is 3.48. The van der Waals surface area contributed by atoms with Crippen LogP contribution >= 0.6 is 39.0 Å². The number of benzene rings is 1. The van der Waals surface area contributed by atoms with Crippen LogP contribution in [-0.4, -0.2) is 27.2 Å². The van der Waals surface area contributed by atoms with E-state index in [9.17, 15) is 4.79 Å². The highest BCUT2D eigenvalue weighted by molar-refractivity contribution is 9.10. The zero-order valence-corrected chi connectivity index (χ0v) is 15.9. The van der Waals surface area contributed by atoms with Crippen molar-refractivity contribution in [2.24, 2.45) is 0 Å². The van der Waals surface area contributed by atoms with Gasteiger partial charge in [-0.3, -0.25) is 5.32 Å². The molecule has 0 saturated carbocycles. The van der Waals surface area contributed by atoms with Crippen LogP contribution in [0.15, 0.2) is 45.3 Å². The summed E-state index contributed by atoms with van der Waals surface area (Å²) in [5.74, 6) is 0.687. The van der Waals surface area contributed by atoms with Gasteiger partial charge in [-0.15, -0.1) is 11.8 Å². The number of carbonyl (C=O) groups excluding carboxylic acids is 1.